The van der Waals surface area contributed by atoms with Gasteiger partial charge in [0.25, 0.3) is 0 Å². The summed E-state index contributed by atoms with van der Waals surface area (Å²) in [4.78, 5) is 4.08. The van der Waals surface area contributed by atoms with Gasteiger partial charge in [-0.1, -0.05) is 13.8 Å². The minimum absolute atomic E-state index is 0.0765. The summed E-state index contributed by atoms with van der Waals surface area (Å²) in [5.41, 5.74) is 2.07. The van der Waals surface area contributed by atoms with Crippen LogP contribution >= 0.6 is 0 Å². The number of aryl methyl sites for hydroxylation is 1. The molecule has 0 aliphatic heterocycles. The minimum Gasteiger partial charge on any atom is -0.506 e. The second-order valence-electron chi connectivity index (χ2n) is 6.29. The molecular weight excluding hydrogens is 268 g/mol. The monoisotopic (exact) mass is 294 g/mol. The average molecular weight is 294 g/mol. The number of hydrogen-bond acceptors (Lipinski definition) is 5. The van der Waals surface area contributed by atoms with Gasteiger partial charge in [-0.15, -0.1) is 0 Å². The Morgan fingerprint density at radius 3 is 2.76 bits per heavy atom. The van der Waals surface area contributed by atoms with Crippen molar-refractivity contribution >= 4 is 0 Å². The van der Waals surface area contributed by atoms with Crippen LogP contribution in [-0.2, 0) is 17.9 Å². The molecule has 0 saturated heterocycles. The number of aromatic nitrogens is 1. The fourth-order valence-electron chi connectivity index (χ4n) is 2.96. The molecule has 0 amide bonds. The van der Waals surface area contributed by atoms with Crippen LogP contribution in [0.1, 0.15) is 44.0 Å². The number of aromatic hydroxyl groups is 1. The maximum Gasteiger partial charge on any atom is 0.141 e. The SMILES string of the molecule is CCOC1CC(NCc2c(CO)cnc(C)c2O)C1(C)C. The molecule has 1 heterocycles. The van der Waals surface area contributed by atoms with Crippen LogP contribution in [0.2, 0.25) is 0 Å². The maximum atomic E-state index is 10.1. The second kappa shape index (κ2) is 6.30. The Hall–Kier alpha value is -1.17. The lowest BCUT2D eigenvalue weighted by atomic mass is 9.64. The Morgan fingerprint density at radius 2 is 2.19 bits per heavy atom. The van der Waals surface area contributed by atoms with Crippen LogP contribution in [0.25, 0.3) is 0 Å². The van der Waals surface area contributed by atoms with Crippen molar-refractivity contribution in [3.05, 3.63) is 23.0 Å². The highest BCUT2D eigenvalue weighted by atomic mass is 16.5. The van der Waals surface area contributed by atoms with Gasteiger partial charge in [0.2, 0.25) is 0 Å². The van der Waals surface area contributed by atoms with E-state index in [1.165, 1.54) is 0 Å². The van der Waals surface area contributed by atoms with Crippen molar-refractivity contribution in [3.63, 3.8) is 0 Å². The number of ether oxygens (including phenoxy) is 1. The number of pyridine rings is 1. The van der Waals surface area contributed by atoms with Gasteiger partial charge < -0.3 is 20.3 Å². The Bertz CT molecular complexity index is 503. The molecule has 2 rings (SSSR count). The van der Waals surface area contributed by atoms with Gasteiger partial charge in [-0.3, -0.25) is 4.98 Å². The van der Waals surface area contributed by atoms with Gasteiger partial charge >= 0.3 is 0 Å². The summed E-state index contributed by atoms with van der Waals surface area (Å²) < 4.78 is 5.72. The zero-order valence-electron chi connectivity index (χ0n) is 13.3. The first-order valence-electron chi connectivity index (χ1n) is 7.53. The molecule has 118 valence electrons. The fraction of sp³-hybridized carbons (Fsp3) is 0.688. The van der Waals surface area contributed by atoms with Crippen LogP contribution < -0.4 is 5.32 Å². The lowest BCUT2D eigenvalue weighted by molar-refractivity contribution is -0.114. The summed E-state index contributed by atoms with van der Waals surface area (Å²) >= 11 is 0. The molecule has 0 spiro atoms. The summed E-state index contributed by atoms with van der Waals surface area (Å²) in [6, 6.07) is 0.341. The first-order valence-corrected chi connectivity index (χ1v) is 7.53. The highest BCUT2D eigenvalue weighted by Crippen LogP contribution is 2.43. The predicted molar refractivity (Wildman–Crippen MR) is 81.0 cm³/mol. The van der Waals surface area contributed by atoms with Crippen molar-refractivity contribution in [2.24, 2.45) is 5.41 Å². The van der Waals surface area contributed by atoms with Crippen molar-refractivity contribution < 1.29 is 14.9 Å². The van der Waals surface area contributed by atoms with Gasteiger partial charge in [0.15, 0.2) is 0 Å². The number of nitrogens with zero attached hydrogens (tertiary/aromatic N) is 1. The molecule has 0 radical (unpaired) electrons. The molecule has 2 atom stereocenters. The predicted octanol–water partition coefficient (Wildman–Crippen LogP) is 1.88. The normalized spacial score (nSPS) is 23.9. The molecule has 0 aromatic carbocycles. The van der Waals surface area contributed by atoms with Crippen molar-refractivity contribution in [2.45, 2.75) is 59.4 Å². The molecule has 1 aliphatic rings. The highest BCUT2D eigenvalue weighted by Gasteiger charge is 2.48. The topological polar surface area (TPSA) is 74.6 Å². The van der Waals surface area contributed by atoms with E-state index in [1.54, 1.807) is 13.1 Å². The number of aliphatic hydroxyl groups excluding tert-OH is 1. The van der Waals surface area contributed by atoms with E-state index in [9.17, 15) is 10.2 Å². The maximum absolute atomic E-state index is 10.1. The van der Waals surface area contributed by atoms with Crippen molar-refractivity contribution in [3.8, 4) is 5.75 Å². The van der Waals surface area contributed by atoms with E-state index in [-0.39, 0.29) is 23.9 Å². The van der Waals surface area contributed by atoms with Gasteiger partial charge in [0.05, 0.1) is 18.4 Å². The molecule has 21 heavy (non-hydrogen) atoms. The van der Waals surface area contributed by atoms with Crippen molar-refractivity contribution in [1.82, 2.24) is 10.3 Å². The molecule has 0 bridgehead atoms. The molecule has 1 aromatic heterocycles. The zero-order valence-corrected chi connectivity index (χ0v) is 13.3. The van der Waals surface area contributed by atoms with Crippen LogP contribution in [0.5, 0.6) is 5.75 Å². The number of hydrogen-bond donors (Lipinski definition) is 3. The van der Waals surface area contributed by atoms with E-state index in [0.717, 1.165) is 18.6 Å². The minimum atomic E-state index is -0.118. The number of rotatable bonds is 6. The molecule has 5 nitrogen and oxygen atoms in total. The third kappa shape index (κ3) is 3.05. The van der Waals surface area contributed by atoms with Crippen molar-refractivity contribution in [1.29, 1.82) is 0 Å². The van der Waals surface area contributed by atoms with Crippen LogP contribution in [0.15, 0.2) is 6.20 Å². The van der Waals surface area contributed by atoms with E-state index in [2.05, 4.69) is 24.1 Å². The quantitative estimate of drug-likeness (QED) is 0.747. The Labute approximate surface area is 126 Å². The van der Waals surface area contributed by atoms with Gasteiger partial charge in [-0.05, 0) is 20.3 Å². The summed E-state index contributed by atoms with van der Waals surface area (Å²) in [6.07, 6.45) is 2.88. The molecular formula is C16H26N2O3. The first kappa shape index (κ1) is 16.2. The summed E-state index contributed by atoms with van der Waals surface area (Å²) in [7, 11) is 0. The molecule has 3 N–H and O–H groups in total. The molecule has 1 saturated carbocycles. The van der Waals surface area contributed by atoms with Crippen LogP contribution in [0.3, 0.4) is 0 Å². The summed E-state index contributed by atoms with van der Waals surface area (Å²) in [5, 5.41) is 23.0. The van der Waals surface area contributed by atoms with E-state index in [1.807, 2.05) is 6.92 Å². The third-order valence-corrected chi connectivity index (χ3v) is 4.67. The Kier molecular flexibility index (Phi) is 4.86. The summed E-state index contributed by atoms with van der Waals surface area (Å²) in [6.45, 7) is 9.31. The van der Waals surface area contributed by atoms with E-state index < -0.39 is 0 Å². The largest absolute Gasteiger partial charge is 0.506 e. The van der Waals surface area contributed by atoms with E-state index in [4.69, 9.17) is 4.74 Å². The number of aliphatic hydroxyl groups is 1. The second-order valence-corrected chi connectivity index (χ2v) is 6.29. The van der Waals surface area contributed by atoms with E-state index >= 15 is 0 Å². The molecule has 5 heteroatoms. The van der Waals surface area contributed by atoms with Gasteiger partial charge in [-0.25, -0.2) is 0 Å². The summed E-state index contributed by atoms with van der Waals surface area (Å²) in [5.74, 6) is 0.174. The molecule has 1 fully saturated rings. The fourth-order valence-corrected chi connectivity index (χ4v) is 2.96. The highest BCUT2D eigenvalue weighted by molar-refractivity contribution is 5.40. The molecule has 2 unspecified atom stereocenters. The third-order valence-electron chi connectivity index (χ3n) is 4.67. The molecule has 1 aliphatic carbocycles. The van der Waals surface area contributed by atoms with Crippen LogP contribution in [0.4, 0.5) is 0 Å². The Balaban J connectivity index is 2.03. The van der Waals surface area contributed by atoms with E-state index in [0.29, 0.717) is 23.8 Å². The van der Waals surface area contributed by atoms with Gasteiger partial charge in [0, 0.05) is 41.9 Å². The van der Waals surface area contributed by atoms with Gasteiger partial charge in [-0.2, -0.15) is 0 Å². The molecule has 1 aromatic rings. The first-order chi connectivity index (χ1) is 9.91. The smallest absolute Gasteiger partial charge is 0.141 e. The lowest BCUT2D eigenvalue weighted by Crippen LogP contribution is -2.60. The van der Waals surface area contributed by atoms with Crippen LogP contribution in [0, 0.1) is 12.3 Å². The number of nitrogens with one attached hydrogen (secondary N) is 1. The zero-order chi connectivity index (χ0) is 15.6. The standard InChI is InChI=1S/C16H26N2O3/c1-5-21-14-6-13(16(14,3)4)18-8-12-11(9-19)7-17-10(2)15(12)20/h7,13-14,18-20H,5-6,8-9H2,1-4H3. The van der Waals surface area contributed by atoms with Crippen LogP contribution in [-0.4, -0.2) is 33.9 Å². The lowest BCUT2D eigenvalue weighted by Gasteiger charge is -2.52. The average Bonchev–Trinajstić information content (AvgIpc) is 2.46. The van der Waals surface area contributed by atoms with Gasteiger partial charge in [0.1, 0.15) is 5.75 Å². The Morgan fingerprint density at radius 1 is 1.48 bits per heavy atom. The van der Waals surface area contributed by atoms with Crippen molar-refractivity contribution in [2.75, 3.05) is 6.61 Å².